The highest BCUT2D eigenvalue weighted by Gasteiger charge is 1.82. The van der Waals surface area contributed by atoms with E-state index in [1.165, 1.54) is 36.0 Å². The molecule has 0 heteroatoms. The van der Waals surface area contributed by atoms with Gasteiger partial charge in [-0.3, -0.25) is 0 Å². The minimum absolute atomic E-state index is 1.13. The summed E-state index contributed by atoms with van der Waals surface area (Å²) in [4.78, 5) is 0. The lowest BCUT2D eigenvalue weighted by molar-refractivity contribution is 0.929. The largest absolute Gasteiger partial charge is 0.0958 e. The van der Waals surface area contributed by atoms with E-state index in [4.69, 9.17) is 0 Å². The summed E-state index contributed by atoms with van der Waals surface area (Å²) in [7, 11) is 0. The van der Waals surface area contributed by atoms with Crippen molar-refractivity contribution in [3.63, 3.8) is 0 Å². The second-order valence-electron chi connectivity index (χ2n) is 5.72. The van der Waals surface area contributed by atoms with Crippen molar-refractivity contribution in [2.75, 3.05) is 0 Å². The Balaban J connectivity index is -0.000000276. The molecular weight excluding hydrogens is 288 g/mol. The van der Waals surface area contributed by atoms with E-state index in [2.05, 4.69) is 58.7 Å². The van der Waals surface area contributed by atoms with E-state index in [1.807, 2.05) is 39.0 Å². The first kappa shape index (κ1) is 27.3. The highest BCUT2D eigenvalue weighted by Crippen LogP contribution is 2.02. The zero-order valence-corrected chi connectivity index (χ0v) is 17.3. The van der Waals surface area contributed by atoms with Crippen molar-refractivity contribution < 1.29 is 0 Å². The van der Waals surface area contributed by atoms with E-state index >= 15 is 0 Å². The molecular formula is C24H42. The molecule has 0 saturated carbocycles. The number of hydrogen-bond acceptors (Lipinski definition) is 0. The maximum atomic E-state index is 3.85. The Hall–Kier alpha value is -1.56. The summed E-state index contributed by atoms with van der Waals surface area (Å²) in [5.41, 5.74) is 3.69. The van der Waals surface area contributed by atoms with Gasteiger partial charge in [-0.25, -0.2) is 0 Å². The molecule has 0 rings (SSSR count). The number of hydrogen-bond donors (Lipinski definition) is 0. The fraction of sp³-hybridized carbons (Fsp3) is 0.500. The van der Waals surface area contributed by atoms with Crippen LogP contribution in [0, 0.1) is 0 Å². The summed E-state index contributed by atoms with van der Waals surface area (Å²) >= 11 is 0. The molecule has 0 atom stereocenters. The van der Waals surface area contributed by atoms with Crippen LogP contribution in [0.1, 0.15) is 80.1 Å². The van der Waals surface area contributed by atoms with Crippen molar-refractivity contribution in [3.8, 4) is 0 Å². The van der Waals surface area contributed by atoms with Crippen LogP contribution >= 0.6 is 0 Å². The van der Waals surface area contributed by atoms with Gasteiger partial charge < -0.3 is 0 Å². The Kier molecular flexibility index (Phi) is 27.0. The first-order valence-corrected chi connectivity index (χ1v) is 9.34. The fourth-order valence-corrected chi connectivity index (χ4v) is 1.92. The third kappa shape index (κ3) is 28.6. The monoisotopic (exact) mass is 330 g/mol. The molecule has 0 aliphatic rings. The first-order chi connectivity index (χ1) is 11.4. The normalized spacial score (nSPS) is 10.2. The molecule has 24 heavy (non-hydrogen) atoms. The first-order valence-electron chi connectivity index (χ1n) is 9.34. The van der Waals surface area contributed by atoms with Gasteiger partial charge in [0, 0.05) is 0 Å². The van der Waals surface area contributed by atoms with E-state index in [-0.39, 0.29) is 0 Å². The topological polar surface area (TPSA) is 0 Å². The van der Waals surface area contributed by atoms with Gasteiger partial charge in [0.15, 0.2) is 0 Å². The van der Waals surface area contributed by atoms with Gasteiger partial charge >= 0.3 is 0 Å². The number of allylic oxidation sites excluding steroid dienone is 9. The summed E-state index contributed by atoms with van der Waals surface area (Å²) in [6, 6.07) is 0. The van der Waals surface area contributed by atoms with E-state index < -0.39 is 0 Å². The Morgan fingerprint density at radius 1 is 0.542 bits per heavy atom. The Morgan fingerprint density at radius 2 is 0.750 bits per heavy atom. The molecule has 0 nitrogen and oxygen atoms in total. The van der Waals surface area contributed by atoms with Gasteiger partial charge in [-0.2, -0.15) is 0 Å². The Labute approximate surface area is 153 Å². The van der Waals surface area contributed by atoms with E-state index in [9.17, 15) is 0 Å². The van der Waals surface area contributed by atoms with Gasteiger partial charge in [0.05, 0.1) is 0 Å². The molecule has 0 unspecified atom stereocenters. The lowest BCUT2D eigenvalue weighted by Gasteiger charge is -1.91. The minimum atomic E-state index is 1.13. The molecule has 0 amide bonds. The quantitative estimate of drug-likeness (QED) is 0.371. The Morgan fingerprint density at radius 3 is 0.875 bits per heavy atom. The summed E-state index contributed by atoms with van der Waals surface area (Å²) < 4.78 is 0. The van der Waals surface area contributed by atoms with Gasteiger partial charge in [-0.05, 0) is 40.0 Å². The van der Waals surface area contributed by atoms with Crippen LogP contribution < -0.4 is 0 Å². The van der Waals surface area contributed by atoms with Crippen LogP contribution in [0.5, 0.6) is 0 Å². The molecule has 0 bridgehead atoms. The van der Waals surface area contributed by atoms with E-state index in [0.717, 1.165) is 19.3 Å². The molecule has 138 valence electrons. The zero-order valence-electron chi connectivity index (χ0n) is 17.3. The predicted octanol–water partition coefficient (Wildman–Crippen LogP) is 8.76. The van der Waals surface area contributed by atoms with Crippen molar-refractivity contribution in [1.29, 1.82) is 0 Å². The van der Waals surface area contributed by atoms with Crippen LogP contribution in [0.25, 0.3) is 0 Å². The Bertz CT molecular complexity index is 326. The SMILES string of the molecule is C=C(/C=C/C)CCC.C=C(/C=C\C)CCC.C=C(C=CC)CCC. The third-order valence-corrected chi connectivity index (χ3v) is 2.92. The lowest BCUT2D eigenvalue weighted by Crippen LogP contribution is -1.71. The van der Waals surface area contributed by atoms with Gasteiger partial charge in [0.25, 0.3) is 0 Å². The molecule has 0 aromatic heterocycles. The molecule has 0 radical (unpaired) electrons. The van der Waals surface area contributed by atoms with Crippen molar-refractivity contribution in [2.45, 2.75) is 80.1 Å². The average molecular weight is 331 g/mol. The van der Waals surface area contributed by atoms with E-state index in [1.54, 1.807) is 0 Å². The number of rotatable bonds is 9. The summed E-state index contributed by atoms with van der Waals surface area (Å²) in [5.74, 6) is 0. The molecule has 0 saturated heterocycles. The van der Waals surface area contributed by atoms with Crippen LogP contribution in [0.3, 0.4) is 0 Å². The van der Waals surface area contributed by atoms with Crippen LogP contribution in [-0.4, -0.2) is 0 Å². The average Bonchev–Trinajstić information content (AvgIpc) is 2.50. The third-order valence-electron chi connectivity index (χ3n) is 2.92. The summed E-state index contributed by atoms with van der Waals surface area (Å²) in [6.07, 6.45) is 19.2. The molecule has 0 aromatic rings. The standard InChI is InChI=1S/3C8H14/c3*1-4-6-8(3)7-5-2/h3*4,6H,3,5,7H2,1-2H3/b6-4+;6-4-;. The van der Waals surface area contributed by atoms with Gasteiger partial charge in [-0.15, -0.1) is 0 Å². The maximum absolute atomic E-state index is 3.85. The summed E-state index contributed by atoms with van der Waals surface area (Å²) in [5, 5.41) is 0. The van der Waals surface area contributed by atoms with Crippen molar-refractivity contribution in [2.24, 2.45) is 0 Å². The highest BCUT2D eigenvalue weighted by atomic mass is 13.9. The molecule has 0 N–H and O–H groups in total. The van der Waals surface area contributed by atoms with Crippen LogP contribution in [0.4, 0.5) is 0 Å². The fourth-order valence-electron chi connectivity index (χ4n) is 1.92. The zero-order chi connectivity index (χ0) is 19.2. The maximum Gasteiger partial charge on any atom is -0.0287 e. The van der Waals surface area contributed by atoms with Gasteiger partial charge in [0.2, 0.25) is 0 Å². The molecule has 0 spiro atoms. The molecule has 0 aliphatic carbocycles. The van der Waals surface area contributed by atoms with Crippen molar-refractivity contribution >= 4 is 0 Å². The molecule has 0 aliphatic heterocycles. The smallest absolute Gasteiger partial charge is 0.0287 e. The van der Waals surface area contributed by atoms with E-state index in [0.29, 0.717) is 0 Å². The predicted molar refractivity (Wildman–Crippen MR) is 117 cm³/mol. The van der Waals surface area contributed by atoms with Gasteiger partial charge in [0.1, 0.15) is 0 Å². The second-order valence-corrected chi connectivity index (χ2v) is 5.72. The lowest BCUT2D eigenvalue weighted by atomic mass is 10.2. The van der Waals surface area contributed by atoms with Crippen LogP contribution in [-0.2, 0) is 0 Å². The minimum Gasteiger partial charge on any atom is -0.0958 e. The van der Waals surface area contributed by atoms with Crippen LogP contribution in [0.15, 0.2) is 72.9 Å². The molecule has 0 fully saturated rings. The van der Waals surface area contributed by atoms with Crippen molar-refractivity contribution in [1.82, 2.24) is 0 Å². The van der Waals surface area contributed by atoms with Crippen LogP contribution in [0.2, 0.25) is 0 Å². The van der Waals surface area contributed by atoms with Crippen molar-refractivity contribution in [3.05, 3.63) is 72.9 Å². The second kappa shape index (κ2) is 23.7. The highest BCUT2D eigenvalue weighted by molar-refractivity contribution is 5.13. The summed E-state index contributed by atoms with van der Waals surface area (Å²) in [6.45, 7) is 24.1. The molecule has 0 heterocycles. The van der Waals surface area contributed by atoms with Gasteiger partial charge in [-0.1, -0.05) is 113 Å². The molecule has 0 aromatic carbocycles.